The molecule has 0 N–H and O–H groups in total. The van der Waals surface area contributed by atoms with Crippen molar-refractivity contribution in [3.63, 3.8) is 0 Å². The predicted octanol–water partition coefficient (Wildman–Crippen LogP) is 4.61. The van der Waals surface area contributed by atoms with Crippen molar-refractivity contribution < 1.29 is 13.2 Å². The molecule has 0 atom stereocenters. The number of aromatic nitrogens is 1. The van der Waals surface area contributed by atoms with Gasteiger partial charge in [-0.1, -0.05) is 30.3 Å². The van der Waals surface area contributed by atoms with Crippen molar-refractivity contribution in [3.05, 3.63) is 79.3 Å². The molecule has 26 heavy (non-hydrogen) atoms. The van der Waals surface area contributed by atoms with Crippen LogP contribution in [-0.4, -0.2) is 19.0 Å². The van der Waals surface area contributed by atoms with E-state index in [1.807, 2.05) is 37.3 Å². The Balaban J connectivity index is 1.88. The SMILES string of the molecule is [CH2]c1c(OCC)ccc2c1ccn2S(=O)(=O)c1ccc2ccccc2c1. The standard InChI is InChI=1S/C21H18NO3S/c1-3-25-21-11-10-20-19(15(21)2)12-13-22(20)26(23,24)18-9-8-16-6-4-5-7-17(16)14-18/h4-14H,2-3H2,1H3. The van der Waals surface area contributed by atoms with Gasteiger partial charge in [-0.2, -0.15) is 0 Å². The molecule has 3 aromatic carbocycles. The summed E-state index contributed by atoms with van der Waals surface area (Å²) in [6, 6.07) is 18.2. The fourth-order valence-electron chi connectivity index (χ4n) is 3.17. The Morgan fingerprint density at radius 1 is 1.00 bits per heavy atom. The number of hydrogen-bond acceptors (Lipinski definition) is 3. The Hall–Kier alpha value is -2.79. The van der Waals surface area contributed by atoms with E-state index in [1.165, 1.54) is 3.97 Å². The molecule has 0 bridgehead atoms. The highest BCUT2D eigenvalue weighted by Crippen LogP contribution is 2.31. The molecule has 0 saturated heterocycles. The number of rotatable bonds is 4. The Labute approximate surface area is 152 Å². The highest BCUT2D eigenvalue weighted by molar-refractivity contribution is 7.90. The quantitative estimate of drug-likeness (QED) is 0.531. The first-order valence-electron chi connectivity index (χ1n) is 8.35. The van der Waals surface area contributed by atoms with Crippen LogP contribution < -0.4 is 4.74 Å². The molecule has 0 saturated carbocycles. The molecule has 4 rings (SSSR count). The molecule has 0 aliphatic rings. The maximum atomic E-state index is 13.2. The number of benzene rings is 3. The van der Waals surface area contributed by atoms with E-state index in [4.69, 9.17) is 4.74 Å². The van der Waals surface area contributed by atoms with Gasteiger partial charge in [-0.25, -0.2) is 12.4 Å². The van der Waals surface area contributed by atoms with Gasteiger partial charge in [-0.15, -0.1) is 0 Å². The van der Waals surface area contributed by atoms with Crippen LogP contribution in [0.2, 0.25) is 0 Å². The molecule has 4 aromatic rings. The zero-order valence-electron chi connectivity index (χ0n) is 14.3. The molecular formula is C21H18NO3S. The van der Waals surface area contributed by atoms with E-state index in [0.29, 0.717) is 23.4 Å². The average molecular weight is 364 g/mol. The van der Waals surface area contributed by atoms with Crippen LogP contribution in [0.5, 0.6) is 5.75 Å². The summed E-state index contributed by atoms with van der Waals surface area (Å²) in [6.45, 7) is 6.48. The van der Waals surface area contributed by atoms with Crippen LogP contribution in [0.4, 0.5) is 0 Å². The predicted molar refractivity (Wildman–Crippen MR) is 104 cm³/mol. The number of nitrogens with zero attached hydrogens (tertiary/aromatic N) is 1. The maximum absolute atomic E-state index is 13.2. The lowest BCUT2D eigenvalue weighted by Crippen LogP contribution is -2.11. The van der Waals surface area contributed by atoms with E-state index in [9.17, 15) is 8.42 Å². The van der Waals surface area contributed by atoms with Crippen LogP contribution in [-0.2, 0) is 10.0 Å². The second kappa shape index (κ2) is 6.18. The summed E-state index contributed by atoms with van der Waals surface area (Å²) in [7, 11) is -3.71. The largest absolute Gasteiger partial charge is 0.494 e. The van der Waals surface area contributed by atoms with Crippen LogP contribution in [0.15, 0.2) is 71.8 Å². The van der Waals surface area contributed by atoms with Crippen LogP contribution in [0.3, 0.4) is 0 Å². The van der Waals surface area contributed by atoms with E-state index in [2.05, 4.69) is 6.92 Å². The van der Waals surface area contributed by atoms with E-state index < -0.39 is 10.0 Å². The third-order valence-electron chi connectivity index (χ3n) is 4.48. The van der Waals surface area contributed by atoms with Gasteiger partial charge in [0.15, 0.2) is 0 Å². The van der Waals surface area contributed by atoms with Crippen LogP contribution >= 0.6 is 0 Å². The number of hydrogen-bond donors (Lipinski definition) is 0. The molecule has 4 nitrogen and oxygen atoms in total. The molecule has 5 heteroatoms. The molecule has 131 valence electrons. The molecule has 1 aromatic heterocycles. The summed E-state index contributed by atoms with van der Waals surface area (Å²) in [5.74, 6) is 0.667. The zero-order chi connectivity index (χ0) is 18.3. The molecule has 0 unspecified atom stereocenters. The molecule has 0 aliphatic carbocycles. The van der Waals surface area contributed by atoms with Gasteiger partial charge in [0.25, 0.3) is 10.0 Å². The van der Waals surface area contributed by atoms with Gasteiger partial charge in [0.1, 0.15) is 5.75 Å². The molecule has 0 aliphatic heterocycles. The van der Waals surface area contributed by atoms with E-state index in [-0.39, 0.29) is 4.90 Å². The van der Waals surface area contributed by atoms with Crippen molar-refractivity contribution >= 4 is 31.7 Å². The Morgan fingerprint density at radius 3 is 2.54 bits per heavy atom. The summed E-state index contributed by atoms with van der Waals surface area (Å²) >= 11 is 0. The van der Waals surface area contributed by atoms with Crippen molar-refractivity contribution in [3.8, 4) is 5.75 Å². The first-order chi connectivity index (χ1) is 12.5. The van der Waals surface area contributed by atoms with Gasteiger partial charge in [-0.3, -0.25) is 0 Å². The number of ether oxygens (including phenoxy) is 1. The second-order valence-electron chi connectivity index (χ2n) is 6.03. The van der Waals surface area contributed by atoms with Crippen LogP contribution in [0.1, 0.15) is 12.5 Å². The van der Waals surface area contributed by atoms with E-state index in [0.717, 1.165) is 16.2 Å². The molecule has 0 amide bonds. The molecule has 1 heterocycles. The smallest absolute Gasteiger partial charge is 0.268 e. The van der Waals surface area contributed by atoms with Crippen molar-refractivity contribution in [1.82, 2.24) is 3.97 Å². The lowest BCUT2D eigenvalue weighted by Gasteiger charge is -2.11. The lowest BCUT2D eigenvalue weighted by atomic mass is 10.1. The first-order valence-corrected chi connectivity index (χ1v) is 9.79. The monoisotopic (exact) mass is 364 g/mol. The Bertz CT molecular complexity index is 1220. The van der Waals surface area contributed by atoms with Gasteiger partial charge >= 0.3 is 0 Å². The Morgan fingerprint density at radius 2 is 1.77 bits per heavy atom. The molecule has 0 fully saturated rings. The maximum Gasteiger partial charge on any atom is 0.268 e. The summed E-state index contributed by atoms with van der Waals surface area (Å²) in [6.07, 6.45) is 1.57. The van der Waals surface area contributed by atoms with E-state index >= 15 is 0 Å². The topological polar surface area (TPSA) is 48.3 Å². The lowest BCUT2D eigenvalue weighted by molar-refractivity contribution is 0.339. The van der Waals surface area contributed by atoms with Gasteiger partial charge in [0.2, 0.25) is 0 Å². The summed E-state index contributed by atoms with van der Waals surface area (Å²) in [4.78, 5) is 0.258. The third kappa shape index (κ3) is 2.56. The van der Waals surface area contributed by atoms with Crippen LogP contribution in [0.25, 0.3) is 21.7 Å². The van der Waals surface area contributed by atoms with Crippen LogP contribution in [0, 0.1) is 6.92 Å². The second-order valence-corrected chi connectivity index (χ2v) is 7.85. The fourth-order valence-corrected chi connectivity index (χ4v) is 4.56. The minimum atomic E-state index is -3.71. The molecule has 0 spiro atoms. The van der Waals surface area contributed by atoms with Crippen molar-refractivity contribution in [2.24, 2.45) is 0 Å². The zero-order valence-corrected chi connectivity index (χ0v) is 15.2. The number of fused-ring (bicyclic) bond motifs is 2. The summed E-state index contributed by atoms with van der Waals surface area (Å²) in [5.41, 5.74) is 1.28. The third-order valence-corrected chi connectivity index (χ3v) is 6.17. The van der Waals surface area contributed by atoms with Crippen molar-refractivity contribution in [1.29, 1.82) is 0 Å². The Kier molecular flexibility index (Phi) is 3.96. The van der Waals surface area contributed by atoms with Gasteiger partial charge < -0.3 is 4.74 Å². The minimum absolute atomic E-state index is 0.258. The highest BCUT2D eigenvalue weighted by atomic mass is 32.2. The highest BCUT2D eigenvalue weighted by Gasteiger charge is 2.20. The average Bonchev–Trinajstić information content (AvgIpc) is 3.09. The van der Waals surface area contributed by atoms with E-state index in [1.54, 1.807) is 36.5 Å². The van der Waals surface area contributed by atoms with Gasteiger partial charge in [0.05, 0.1) is 17.0 Å². The van der Waals surface area contributed by atoms with Gasteiger partial charge in [-0.05, 0) is 55.0 Å². The van der Waals surface area contributed by atoms with Crippen molar-refractivity contribution in [2.75, 3.05) is 6.61 Å². The van der Waals surface area contributed by atoms with Gasteiger partial charge in [0, 0.05) is 17.1 Å². The normalized spacial score (nSPS) is 11.9. The molecular weight excluding hydrogens is 346 g/mol. The first kappa shape index (κ1) is 16.7. The summed E-state index contributed by atoms with van der Waals surface area (Å²) < 4.78 is 33.2. The fraction of sp³-hybridized carbons (Fsp3) is 0.0952. The molecule has 1 radical (unpaired) electrons. The van der Waals surface area contributed by atoms with Crippen molar-refractivity contribution in [2.45, 2.75) is 11.8 Å². The summed E-state index contributed by atoms with van der Waals surface area (Å²) in [5, 5.41) is 2.66. The minimum Gasteiger partial charge on any atom is -0.494 e.